The first kappa shape index (κ1) is 19.7. The fourth-order valence-electron chi connectivity index (χ4n) is 3.88. The summed E-state index contributed by atoms with van der Waals surface area (Å²) in [6.45, 7) is 1.90. The van der Waals surface area contributed by atoms with E-state index < -0.39 is 0 Å². The number of benzene rings is 2. The van der Waals surface area contributed by atoms with Crippen LogP contribution in [0.25, 0.3) is 0 Å². The highest BCUT2D eigenvalue weighted by molar-refractivity contribution is 6.04. The van der Waals surface area contributed by atoms with Crippen LogP contribution in [-0.4, -0.2) is 24.0 Å². The van der Waals surface area contributed by atoms with Crippen LogP contribution in [0.3, 0.4) is 0 Å². The summed E-state index contributed by atoms with van der Waals surface area (Å²) in [6, 6.07) is 23.2. The standard InChI is InChI=1S/C25H24N4O/c26-18-21-6-8-23(9-7-21)28-25(30)22-10-13-27-24(17-22)29-14-11-20(12-15-29)16-19-4-2-1-3-5-19/h1-10,13,17,20H,11-12,14-16H2,(H,28,30). The smallest absolute Gasteiger partial charge is 0.255 e. The number of nitrogens with one attached hydrogen (secondary N) is 1. The molecule has 0 unspecified atom stereocenters. The minimum atomic E-state index is -0.178. The molecule has 1 N–H and O–H groups in total. The van der Waals surface area contributed by atoms with E-state index in [1.54, 1.807) is 36.5 Å². The molecule has 1 saturated heterocycles. The van der Waals surface area contributed by atoms with Crippen molar-refractivity contribution in [2.75, 3.05) is 23.3 Å². The molecule has 5 nitrogen and oxygen atoms in total. The van der Waals surface area contributed by atoms with Crippen LogP contribution < -0.4 is 10.2 Å². The van der Waals surface area contributed by atoms with Gasteiger partial charge in [0, 0.05) is 30.5 Å². The van der Waals surface area contributed by atoms with Crippen molar-refractivity contribution in [3.63, 3.8) is 0 Å². The molecule has 0 bridgehead atoms. The van der Waals surface area contributed by atoms with Crippen LogP contribution in [-0.2, 0) is 6.42 Å². The highest BCUT2D eigenvalue weighted by atomic mass is 16.1. The van der Waals surface area contributed by atoms with Crippen LogP contribution in [0.5, 0.6) is 0 Å². The molecule has 1 aliphatic heterocycles. The highest BCUT2D eigenvalue weighted by Crippen LogP contribution is 2.25. The van der Waals surface area contributed by atoms with Crippen molar-refractivity contribution in [2.45, 2.75) is 19.3 Å². The highest BCUT2D eigenvalue weighted by Gasteiger charge is 2.21. The minimum absolute atomic E-state index is 0.178. The molecule has 5 heteroatoms. The predicted molar refractivity (Wildman–Crippen MR) is 118 cm³/mol. The second kappa shape index (κ2) is 9.23. The number of hydrogen-bond acceptors (Lipinski definition) is 4. The van der Waals surface area contributed by atoms with Gasteiger partial charge in [0.2, 0.25) is 0 Å². The first-order valence-corrected chi connectivity index (χ1v) is 10.3. The van der Waals surface area contributed by atoms with Crippen molar-refractivity contribution in [3.8, 4) is 6.07 Å². The zero-order valence-electron chi connectivity index (χ0n) is 16.8. The number of carbonyl (C=O) groups excluding carboxylic acids is 1. The van der Waals surface area contributed by atoms with Crippen LogP contribution in [0.1, 0.15) is 34.3 Å². The molecule has 0 aliphatic carbocycles. The maximum absolute atomic E-state index is 12.6. The van der Waals surface area contributed by atoms with Gasteiger partial charge in [0.05, 0.1) is 11.6 Å². The molecule has 1 aromatic heterocycles. The van der Waals surface area contributed by atoms with Gasteiger partial charge in [-0.15, -0.1) is 0 Å². The molecule has 2 heterocycles. The number of aromatic nitrogens is 1. The first-order chi connectivity index (χ1) is 14.7. The molecule has 3 aromatic rings. The second-order valence-electron chi connectivity index (χ2n) is 7.67. The van der Waals surface area contributed by atoms with Crippen LogP contribution in [0.15, 0.2) is 72.9 Å². The third kappa shape index (κ3) is 4.84. The van der Waals surface area contributed by atoms with Gasteiger partial charge in [-0.3, -0.25) is 4.79 Å². The van der Waals surface area contributed by atoms with E-state index in [1.807, 2.05) is 6.07 Å². The van der Waals surface area contributed by atoms with Crippen molar-refractivity contribution >= 4 is 17.4 Å². The SMILES string of the molecule is N#Cc1ccc(NC(=O)c2ccnc(N3CCC(Cc4ccccc4)CC3)c2)cc1. The van der Waals surface area contributed by atoms with Crippen molar-refractivity contribution in [1.29, 1.82) is 5.26 Å². The van der Waals surface area contributed by atoms with Gasteiger partial charge in [-0.05, 0) is 67.1 Å². The predicted octanol–water partition coefficient (Wildman–Crippen LogP) is 4.66. The Balaban J connectivity index is 1.36. The average molecular weight is 396 g/mol. The molecular weight excluding hydrogens is 372 g/mol. The van der Waals surface area contributed by atoms with Crippen molar-refractivity contribution < 1.29 is 4.79 Å². The summed E-state index contributed by atoms with van der Waals surface area (Å²) in [4.78, 5) is 19.4. The Kier molecular flexibility index (Phi) is 6.05. The van der Waals surface area contributed by atoms with Crippen LogP contribution in [0.2, 0.25) is 0 Å². The van der Waals surface area contributed by atoms with E-state index in [0.29, 0.717) is 22.7 Å². The summed E-state index contributed by atoms with van der Waals surface area (Å²) >= 11 is 0. The number of nitrogens with zero attached hydrogens (tertiary/aromatic N) is 3. The third-order valence-electron chi connectivity index (χ3n) is 5.59. The molecule has 0 radical (unpaired) electrons. The van der Waals surface area contributed by atoms with Gasteiger partial charge in [-0.25, -0.2) is 4.98 Å². The number of pyridine rings is 1. The molecule has 1 amide bonds. The second-order valence-corrected chi connectivity index (χ2v) is 7.67. The Morgan fingerprint density at radius 1 is 1.07 bits per heavy atom. The lowest BCUT2D eigenvalue weighted by atomic mass is 9.90. The number of anilines is 2. The van der Waals surface area contributed by atoms with Gasteiger partial charge in [-0.2, -0.15) is 5.26 Å². The molecule has 30 heavy (non-hydrogen) atoms. The number of rotatable bonds is 5. The normalized spacial score (nSPS) is 14.2. The average Bonchev–Trinajstić information content (AvgIpc) is 2.81. The largest absolute Gasteiger partial charge is 0.357 e. The molecule has 150 valence electrons. The van der Waals surface area contributed by atoms with Gasteiger partial charge in [0.15, 0.2) is 0 Å². The molecule has 4 rings (SSSR count). The monoisotopic (exact) mass is 396 g/mol. The van der Waals surface area contributed by atoms with Gasteiger partial charge < -0.3 is 10.2 Å². The number of carbonyl (C=O) groups is 1. The third-order valence-corrected chi connectivity index (χ3v) is 5.59. The van der Waals surface area contributed by atoms with E-state index in [4.69, 9.17) is 5.26 Å². The first-order valence-electron chi connectivity index (χ1n) is 10.3. The maximum Gasteiger partial charge on any atom is 0.255 e. The number of amides is 1. The van der Waals surface area contributed by atoms with E-state index in [9.17, 15) is 4.79 Å². The Bertz CT molecular complexity index is 1030. The summed E-state index contributed by atoms with van der Waals surface area (Å²) in [6.07, 6.45) is 5.06. The Morgan fingerprint density at radius 3 is 2.50 bits per heavy atom. The van der Waals surface area contributed by atoms with E-state index in [1.165, 1.54) is 5.56 Å². The van der Waals surface area contributed by atoms with Crippen molar-refractivity contribution in [1.82, 2.24) is 4.98 Å². The number of piperidine rings is 1. The Labute approximate surface area is 177 Å². The van der Waals surface area contributed by atoms with Crippen LogP contribution >= 0.6 is 0 Å². The summed E-state index contributed by atoms with van der Waals surface area (Å²) in [5.74, 6) is 1.36. The molecule has 1 fully saturated rings. The molecular formula is C25H24N4O. The van der Waals surface area contributed by atoms with Gasteiger partial charge in [0.1, 0.15) is 5.82 Å². The van der Waals surface area contributed by atoms with E-state index in [2.05, 4.69) is 51.6 Å². The quantitative estimate of drug-likeness (QED) is 0.681. The molecule has 2 aromatic carbocycles. The summed E-state index contributed by atoms with van der Waals surface area (Å²) in [7, 11) is 0. The lowest BCUT2D eigenvalue weighted by Crippen LogP contribution is -2.35. The fraction of sp³-hybridized carbons (Fsp3) is 0.240. The van der Waals surface area contributed by atoms with Crippen LogP contribution in [0.4, 0.5) is 11.5 Å². The lowest BCUT2D eigenvalue weighted by Gasteiger charge is -2.33. The van der Waals surface area contributed by atoms with E-state index in [0.717, 1.165) is 38.2 Å². The Morgan fingerprint density at radius 2 is 1.80 bits per heavy atom. The van der Waals surface area contributed by atoms with Crippen molar-refractivity contribution in [2.24, 2.45) is 5.92 Å². The number of nitriles is 1. The van der Waals surface area contributed by atoms with Gasteiger partial charge >= 0.3 is 0 Å². The zero-order chi connectivity index (χ0) is 20.8. The summed E-state index contributed by atoms with van der Waals surface area (Å²) in [5, 5.41) is 11.8. The summed E-state index contributed by atoms with van der Waals surface area (Å²) < 4.78 is 0. The molecule has 0 spiro atoms. The van der Waals surface area contributed by atoms with Crippen molar-refractivity contribution in [3.05, 3.63) is 89.6 Å². The molecule has 1 aliphatic rings. The maximum atomic E-state index is 12.6. The van der Waals surface area contributed by atoms with E-state index in [-0.39, 0.29) is 5.91 Å². The number of hydrogen-bond donors (Lipinski definition) is 1. The fourth-order valence-corrected chi connectivity index (χ4v) is 3.88. The van der Waals surface area contributed by atoms with Gasteiger partial charge in [-0.1, -0.05) is 30.3 Å². The topological polar surface area (TPSA) is 69.0 Å². The molecule has 0 saturated carbocycles. The van der Waals surface area contributed by atoms with E-state index >= 15 is 0 Å². The minimum Gasteiger partial charge on any atom is -0.357 e. The lowest BCUT2D eigenvalue weighted by molar-refractivity contribution is 0.102. The zero-order valence-corrected chi connectivity index (χ0v) is 16.8. The Hall–Kier alpha value is -3.65. The van der Waals surface area contributed by atoms with Crippen LogP contribution in [0, 0.1) is 17.2 Å². The summed E-state index contributed by atoms with van der Waals surface area (Å²) in [5.41, 5.74) is 3.21. The van der Waals surface area contributed by atoms with Gasteiger partial charge in [0.25, 0.3) is 5.91 Å². The molecule has 0 atom stereocenters.